The van der Waals surface area contributed by atoms with Gasteiger partial charge in [-0.2, -0.15) is 0 Å². The van der Waals surface area contributed by atoms with Gasteiger partial charge in [0.25, 0.3) is 0 Å². The molecule has 2 aliphatic carbocycles. The van der Waals surface area contributed by atoms with Gasteiger partial charge in [0.05, 0.1) is 24.0 Å². The number of nitrogens with zero attached hydrogens (tertiary/aromatic N) is 1. The van der Waals surface area contributed by atoms with E-state index in [9.17, 15) is 9.59 Å². The smallest absolute Gasteiger partial charge is 0.239 e. The molecule has 2 N–H and O–H groups in total. The van der Waals surface area contributed by atoms with Crippen LogP contribution >= 0.6 is 0 Å². The van der Waals surface area contributed by atoms with Crippen molar-refractivity contribution in [1.29, 1.82) is 0 Å². The number of hydrogen-bond donors (Lipinski definition) is 2. The Morgan fingerprint density at radius 2 is 1.93 bits per heavy atom. The first-order chi connectivity index (χ1) is 13.9. The molecule has 5 nitrogen and oxygen atoms in total. The summed E-state index contributed by atoms with van der Waals surface area (Å²) in [5.41, 5.74) is 3.84. The van der Waals surface area contributed by atoms with Crippen LogP contribution in [-0.2, 0) is 9.59 Å². The molecule has 1 saturated carbocycles. The van der Waals surface area contributed by atoms with Gasteiger partial charge in [0.1, 0.15) is 0 Å². The van der Waals surface area contributed by atoms with E-state index in [0.717, 1.165) is 48.3 Å². The van der Waals surface area contributed by atoms with Gasteiger partial charge in [0, 0.05) is 23.7 Å². The predicted molar refractivity (Wildman–Crippen MR) is 117 cm³/mol. The monoisotopic (exact) mass is 395 g/mol. The summed E-state index contributed by atoms with van der Waals surface area (Å²) < 4.78 is 0. The Bertz CT molecular complexity index is 836. The minimum absolute atomic E-state index is 0.0504. The van der Waals surface area contributed by atoms with Gasteiger partial charge < -0.3 is 15.5 Å². The summed E-state index contributed by atoms with van der Waals surface area (Å²) in [6.07, 6.45) is 6.73. The quantitative estimate of drug-likeness (QED) is 0.793. The van der Waals surface area contributed by atoms with Crippen LogP contribution in [0.5, 0.6) is 0 Å². The van der Waals surface area contributed by atoms with E-state index >= 15 is 0 Å². The number of benzene rings is 1. The Balaban J connectivity index is 1.69. The number of nitrogens with one attached hydrogen (secondary N) is 2. The standard InChI is InChI=1S/C24H33N3O2/c1-4-19-23-18(13-24(2,3)14-21(23)28)26-17-11-7-8-12-20(17)27(19)15-22(29)25-16-9-5-6-10-16/h7-8,11-12,16,19,26H,4-6,9-10,13-15H2,1-3H3,(H,25,29). The molecule has 29 heavy (non-hydrogen) atoms. The highest BCUT2D eigenvalue weighted by atomic mass is 16.2. The zero-order chi connectivity index (χ0) is 20.6. The van der Waals surface area contributed by atoms with Crippen molar-refractivity contribution in [3.05, 3.63) is 35.5 Å². The third-order valence-corrected chi connectivity index (χ3v) is 6.55. The number of para-hydroxylation sites is 2. The Labute approximate surface area is 173 Å². The molecule has 1 atom stereocenters. The maximum absolute atomic E-state index is 13.2. The molecule has 0 bridgehead atoms. The van der Waals surface area contributed by atoms with Crippen molar-refractivity contribution in [2.75, 3.05) is 16.8 Å². The third kappa shape index (κ3) is 4.05. The fraction of sp³-hybridized carbons (Fsp3) is 0.583. The highest BCUT2D eigenvalue weighted by molar-refractivity contribution is 6.01. The molecule has 0 aromatic heterocycles. The molecule has 1 aromatic rings. The fourth-order valence-electron chi connectivity index (χ4n) is 5.27. The van der Waals surface area contributed by atoms with E-state index in [0.29, 0.717) is 12.5 Å². The number of Topliss-reactive ketones (excluding diaryl/α,β-unsaturated/α-hetero) is 1. The third-order valence-electron chi connectivity index (χ3n) is 6.55. The van der Waals surface area contributed by atoms with Crippen molar-refractivity contribution in [3.63, 3.8) is 0 Å². The van der Waals surface area contributed by atoms with Crippen LogP contribution in [0.1, 0.15) is 65.7 Å². The molecule has 0 saturated heterocycles. The SMILES string of the molecule is CCC1C2=C(CC(C)(C)CC2=O)Nc2ccccc2N1CC(=O)NC1CCCC1. The van der Waals surface area contributed by atoms with Crippen LogP contribution in [0.4, 0.5) is 11.4 Å². The van der Waals surface area contributed by atoms with Gasteiger partial charge in [-0.15, -0.1) is 0 Å². The number of carbonyl (C=O) groups excluding carboxylic acids is 2. The predicted octanol–water partition coefficient (Wildman–Crippen LogP) is 4.40. The van der Waals surface area contributed by atoms with Gasteiger partial charge in [0.15, 0.2) is 5.78 Å². The number of hydrogen-bond acceptors (Lipinski definition) is 4. The van der Waals surface area contributed by atoms with Crippen LogP contribution in [0, 0.1) is 5.41 Å². The first kappa shape index (κ1) is 20.0. The molecule has 1 heterocycles. The minimum atomic E-state index is -0.0842. The summed E-state index contributed by atoms with van der Waals surface area (Å²) >= 11 is 0. The van der Waals surface area contributed by atoms with Gasteiger partial charge in [-0.1, -0.05) is 45.7 Å². The fourth-order valence-corrected chi connectivity index (χ4v) is 5.27. The molecule has 3 aliphatic rings. The number of ketones is 1. The second kappa shape index (κ2) is 7.85. The van der Waals surface area contributed by atoms with Gasteiger partial charge in [-0.05, 0) is 43.2 Å². The molecule has 0 radical (unpaired) electrons. The van der Waals surface area contributed by atoms with Crippen LogP contribution in [0.25, 0.3) is 0 Å². The van der Waals surface area contributed by atoms with Crippen molar-refractivity contribution in [3.8, 4) is 0 Å². The number of amides is 1. The summed E-state index contributed by atoms with van der Waals surface area (Å²) in [6, 6.07) is 8.33. The van der Waals surface area contributed by atoms with Gasteiger partial charge in [-0.25, -0.2) is 0 Å². The molecule has 0 spiro atoms. The maximum Gasteiger partial charge on any atom is 0.239 e. The molecule has 1 amide bonds. The zero-order valence-corrected chi connectivity index (χ0v) is 17.9. The molecule has 1 aromatic carbocycles. The minimum Gasteiger partial charge on any atom is -0.357 e. The van der Waals surface area contributed by atoms with Crippen molar-refractivity contribution in [2.45, 2.75) is 77.8 Å². The topological polar surface area (TPSA) is 61.4 Å². The molecule has 5 heteroatoms. The van der Waals surface area contributed by atoms with Crippen LogP contribution in [0.15, 0.2) is 35.5 Å². The van der Waals surface area contributed by atoms with Crippen LogP contribution < -0.4 is 15.5 Å². The Kier molecular flexibility index (Phi) is 5.41. The molecule has 1 fully saturated rings. The van der Waals surface area contributed by atoms with Gasteiger partial charge in [0.2, 0.25) is 5.91 Å². The molecular formula is C24H33N3O2. The van der Waals surface area contributed by atoms with E-state index in [4.69, 9.17) is 0 Å². The van der Waals surface area contributed by atoms with Gasteiger partial charge >= 0.3 is 0 Å². The highest BCUT2D eigenvalue weighted by Gasteiger charge is 2.40. The Morgan fingerprint density at radius 1 is 1.21 bits per heavy atom. The second-order valence-electron chi connectivity index (χ2n) is 9.58. The second-order valence-corrected chi connectivity index (χ2v) is 9.58. The van der Waals surface area contributed by atoms with Crippen molar-refractivity contribution >= 4 is 23.1 Å². The van der Waals surface area contributed by atoms with Crippen LogP contribution in [0.3, 0.4) is 0 Å². The van der Waals surface area contributed by atoms with Crippen molar-refractivity contribution in [2.24, 2.45) is 5.41 Å². The van der Waals surface area contributed by atoms with E-state index in [2.05, 4.69) is 42.4 Å². The summed E-state index contributed by atoms with van der Waals surface area (Å²) in [6.45, 7) is 6.70. The van der Waals surface area contributed by atoms with Gasteiger partial charge in [-0.3, -0.25) is 9.59 Å². The lowest BCUT2D eigenvalue weighted by Crippen LogP contribution is -2.47. The summed E-state index contributed by atoms with van der Waals surface area (Å²) in [7, 11) is 0. The van der Waals surface area contributed by atoms with Crippen LogP contribution in [-0.4, -0.2) is 30.3 Å². The lowest BCUT2D eigenvalue weighted by molar-refractivity contribution is -0.121. The number of rotatable bonds is 4. The summed E-state index contributed by atoms with van der Waals surface area (Å²) in [5.74, 6) is 0.266. The largest absolute Gasteiger partial charge is 0.357 e. The molecular weight excluding hydrogens is 362 g/mol. The summed E-state index contributed by atoms with van der Waals surface area (Å²) in [5, 5.41) is 6.79. The number of anilines is 2. The first-order valence-electron chi connectivity index (χ1n) is 11.1. The maximum atomic E-state index is 13.2. The molecule has 4 rings (SSSR count). The Hall–Kier alpha value is -2.30. The van der Waals surface area contributed by atoms with E-state index in [1.54, 1.807) is 0 Å². The number of allylic oxidation sites excluding steroid dienone is 1. The van der Waals surface area contributed by atoms with Crippen LogP contribution in [0.2, 0.25) is 0 Å². The molecule has 1 unspecified atom stereocenters. The lowest BCUT2D eigenvalue weighted by atomic mass is 9.74. The van der Waals surface area contributed by atoms with Crippen molar-refractivity contribution < 1.29 is 9.59 Å². The van der Waals surface area contributed by atoms with E-state index in [1.165, 1.54) is 12.8 Å². The summed E-state index contributed by atoms with van der Waals surface area (Å²) in [4.78, 5) is 28.3. The molecule has 1 aliphatic heterocycles. The first-order valence-corrected chi connectivity index (χ1v) is 11.1. The normalized spacial score (nSPS) is 23.9. The van der Waals surface area contributed by atoms with Crippen molar-refractivity contribution in [1.82, 2.24) is 5.32 Å². The van der Waals surface area contributed by atoms with E-state index in [-0.39, 0.29) is 29.7 Å². The zero-order valence-electron chi connectivity index (χ0n) is 17.9. The lowest BCUT2D eigenvalue weighted by Gasteiger charge is -2.37. The average molecular weight is 396 g/mol. The Morgan fingerprint density at radius 3 is 2.66 bits per heavy atom. The average Bonchev–Trinajstić information content (AvgIpc) is 3.11. The van der Waals surface area contributed by atoms with E-state index < -0.39 is 0 Å². The highest BCUT2D eigenvalue weighted by Crippen LogP contribution is 2.44. The molecule has 156 valence electrons. The number of carbonyl (C=O) groups is 2. The number of fused-ring (bicyclic) bond motifs is 1. The van der Waals surface area contributed by atoms with E-state index in [1.807, 2.05) is 18.2 Å².